The minimum absolute atomic E-state index is 0.0329. The summed E-state index contributed by atoms with van der Waals surface area (Å²) in [4.78, 5) is 17.1. The van der Waals surface area contributed by atoms with Crippen molar-refractivity contribution in [1.29, 1.82) is 0 Å². The summed E-state index contributed by atoms with van der Waals surface area (Å²) in [7, 11) is 6.19. The normalized spacial score (nSPS) is 15.7. The van der Waals surface area contributed by atoms with Crippen LogP contribution in [0.5, 0.6) is 5.75 Å². The molecule has 0 spiro atoms. The lowest BCUT2D eigenvalue weighted by Crippen LogP contribution is -2.31. The van der Waals surface area contributed by atoms with Crippen molar-refractivity contribution < 1.29 is 9.53 Å². The van der Waals surface area contributed by atoms with E-state index in [4.69, 9.17) is 4.74 Å². The Morgan fingerprint density at radius 3 is 2.77 bits per heavy atom. The Kier molecular flexibility index (Phi) is 8.29. The average Bonchev–Trinajstić information content (AvgIpc) is 2.70. The van der Waals surface area contributed by atoms with Crippen LogP contribution in [0.3, 0.4) is 0 Å². The highest BCUT2D eigenvalue weighted by molar-refractivity contribution is 5.94. The fourth-order valence-corrected chi connectivity index (χ4v) is 3.79. The molecule has 5 heteroatoms. The highest BCUT2D eigenvalue weighted by atomic mass is 16.5. The van der Waals surface area contributed by atoms with Crippen molar-refractivity contribution in [2.75, 3.05) is 47.4 Å². The van der Waals surface area contributed by atoms with Crippen LogP contribution in [0, 0.1) is 0 Å². The highest BCUT2D eigenvalue weighted by Gasteiger charge is 2.13. The number of likely N-dealkylation sites (N-methyl/N-ethyl adjacent to an activating group) is 1. The molecule has 0 atom stereocenters. The van der Waals surface area contributed by atoms with Crippen LogP contribution in [0.25, 0.3) is 0 Å². The van der Waals surface area contributed by atoms with E-state index >= 15 is 0 Å². The Bertz CT molecular complexity index is 835. The number of ether oxygens (including phenoxy) is 1. The van der Waals surface area contributed by atoms with Crippen molar-refractivity contribution in [1.82, 2.24) is 15.1 Å². The summed E-state index contributed by atoms with van der Waals surface area (Å²) in [5.41, 5.74) is 4.33. The molecule has 1 amide bonds. The number of carbonyl (C=O) groups excluding carboxylic acids is 1. The average molecular weight is 410 g/mol. The Hall–Kier alpha value is -2.37. The second kappa shape index (κ2) is 11.1. The van der Waals surface area contributed by atoms with Gasteiger partial charge in [0, 0.05) is 31.6 Å². The largest absolute Gasteiger partial charge is 0.493 e. The van der Waals surface area contributed by atoms with Gasteiger partial charge in [-0.15, -0.1) is 0 Å². The number of benzene rings is 2. The highest BCUT2D eigenvalue weighted by Crippen LogP contribution is 2.25. The van der Waals surface area contributed by atoms with E-state index < -0.39 is 0 Å². The number of rotatable bonds is 4. The molecule has 30 heavy (non-hydrogen) atoms. The summed E-state index contributed by atoms with van der Waals surface area (Å²) < 4.78 is 6.13. The van der Waals surface area contributed by atoms with Crippen molar-refractivity contribution in [2.45, 2.75) is 32.2 Å². The van der Waals surface area contributed by atoms with Gasteiger partial charge in [-0.2, -0.15) is 0 Å². The lowest BCUT2D eigenvalue weighted by atomic mass is 9.99. The number of amides is 1. The first-order chi connectivity index (χ1) is 14.5. The number of fused-ring (bicyclic) bond motifs is 3. The molecule has 2 bridgehead atoms. The Labute approximate surface area is 181 Å². The van der Waals surface area contributed by atoms with Crippen LogP contribution in [0.1, 0.15) is 46.3 Å². The minimum atomic E-state index is -0.0329. The van der Waals surface area contributed by atoms with Crippen LogP contribution in [-0.2, 0) is 13.0 Å². The van der Waals surface area contributed by atoms with Gasteiger partial charge in [0.1, 0.15) is 5.75 Å². The van der Waals surface area contributed by atoms with Crippen LogP contribution >= 0.6 is 0 Å². The molecule has 3 rings (SSSR count). The van der Waals surface area contributed by atoms with Gasteiger partial charge in [-0.1, -0.05) is 24.3 Å². The van der Waals surface area contributed by atoms with E-state index in [-0.39, 0.29) is 5.91 Å². The van der Waals surface area contributed by atoms with E-state index in [2.05, 4.69) is 46.4 Å². The first kappa shape index (κ1) is 22.3. The van der Waals surface area contributed by atoms with Crippen molar-refractivity contribution in [3.8, 4) is 5.75 Å². The summed E-state index contributed by atoms with van der Waals surface area (Å²) in [5, 5.41) is 3.00. The maximum Gasteiger partial charge on any atom is 0.251 e. The van der Waals surface area contributed by atoms with Crippen LogP contribution in [0.2, 0.25) is 0 Å². The molecule has 5 nitrogen and oxygen atoms in total. The number of hydrogen-bond acceptors (Lipinski definition) is 4. The predicted octanol–water partition coefficient (Wildman–Crippen LogP) is 3.56. The summed E-state index contributed by atoms with van der Waals surface area (Å²) in [6, 6.07) is 14.6. The molecule has 0 saturated heterocycles. The third-order valence-electron chi connectivity index (χ3n) is 5.45. The van der Waals surface area contributed by atoms with Gasteiger partial charge in [-0.3, -0.25) is 4.79 Å². The second-order valence-electron chi connectivity index (χ2n) is 8.53. The van der Waals surface area contributed by atoms with Gasteiger partial charge >= 0.3 is 0 Å². The molecule has 0 radical (unpaired) electrons. The minimum Gasteiger partial charge on any atom is -0.493 e. The Morgan fingerprint density at radius 1 is 1.10 bits per heavy atom. The fourth-order valence-electron chi connectivity index (χ4n) is 3.79. The summed E-state index contributed by atoms with van der Waals surface area (Å²) >= 11 is 0. The zero-order valence-corrected chi connectivity index (χ0v) is 18.6. The molecule has 2 aromatic rings. The Balaban J connectivity index is 1.82. The Morgan fingerprint density at radius 2 is 1.93 bits per heavy atom. The monoisotopic (exact) mass is 409 g/mol. The van der Waals surface area contributed by atoms with Gasteiger partial charge < -0.3 is 19.9 Å². The van der Waals surface area contributed by atoms with Crippen molar-refractivity contribution in [2.24, 2.45) is 0 Å². The molecule has 1 heterocycles. The predicted molar refractivity (Wildman–Crippen MR) is 122 cm³/mol. The molecule has 0 aliphatic carbocycles. The first-order valence-corrected chi connectivity index (χ1v) is 11.0. The van der Waals surface area contributed by atoms with E-state index in [1.54, 1.807) is 0 Å². The molecule has 0 saturated carbocycles. The molecular weight excluding hydrogens is 374 g/mol. The maximum atomic E-state index is 12.6. The summed E-state index contributed by atoms with van der Waals surface area (Å²) in [6.45, 7) is 4.24. The maximum absolute atomic E-state index is 12.6. The first-order valence-electron chi connectivity index (χ1n) is 11.0. The zero-order valence-electron chi connectivity index (χ0n) is 18.6. The fraction of sp³-hybridized carbons (Fsp3) is 0.480. The zero-order chi connectivity index (χ0) is 21.3. The van der Waals surface area contributed by atoms with Crippen LogP contribution in [0.4, 0.5) is 0 Å². The molecule has 1 N–H and O–H groups in total. The van der Waals surface area contributed by atoms with Gasteiger partial charge in [0.25, 0.3) is 5.91 Å². The molecule has 1 aliphatic heterocycles. The van der Waals surface area contributed by atoms with Gasteiger partial charge in [-0.05, 0) is 81.8 Å². The molecule has 2 aromatic carbocycles. The van der Waals surface area contributed by atoms with E-state index in [0.717, 1.165) is 50.2 Å². The number of nitrogens with one attached hydrogen (secondary N) is 1. The third kappa shape index (κ3) is 6.85. The van der Waals surface area contributed by atoms with Crippen molar-refractivity contribution in [3.63, 3.8) is 0 Å². The van der Waals surface area contributed by atoms with E-state index in [0.29, 0.717) is 18.7 Å². The standard InChI is InChI=1S/C25H35N3O2/c1-27(2)14-12-26-25(29)22-10-11-24-23(18-22)17-20-8-7-9-21(16-20)19-28(3)13-5-4-6-15-30-24/h7-11,16,18H,4-6,12-15,17,19H2,1-3H3,(H,26,29). The quantitative estimate of drug-likeness (QED) is 0.839. The van der Waals surface area contributed by atoms with Crippen LogP contribution in [0.15, 0.2) is 42.5 Å². The lowest BCUT2D eigenvalue weighted by Gasteiger charge is -2.19. The third-order valence-corrected chi connectivity index (χ3v) is 5.45. The van der Waals surface area contributed by atoms with Gasteiger partial charge in [0.05, 0.1) is 6.61 Å². The van der Waals surface area contributed by atoms with Gasteiger partial charge in [0.2, 0.25) is 0 Å². The SMILES string of the molecule is CN(C)CCNC(=O)c1ccc2c(c1)Cc1cccc(c1)CN(C)CCCCCO2. The molecule has 162 valence electrons. The van der Waals surface area contributed by atoms with Crippen LogP contribution < -0.4 is 10.1 Å². The van der Waals surface area contributed by atoms with E-state index in [1.807, 2.05) is 32.3 Å². The molecule has 0 aromatic heterocycles. The van der Waals surface area contributed by atoms with Gasteiger partial charge in [-0.25, -0.2) is 0 Å². The lowest BCUT2D eigenvalue weighted by molar-refractivity contribution is 0.0951. The number of hydrogen-bond donors (Lipinski definition) is 1. The molecule has 1 aliphatic rings. The summed E-state index contributed by atoms with van der Waals surface area (Å²) in [5.74, 6) is 0.855. The van der Waals surface area contributed by atoms with Crippen LogP contribution in [-0.4, -0.2) is 63.1 Å². The van der Waals surface area contributed by atoms with E-state index in [1.165, 1.54) is 17.5 Å². The van der Waals surface area contributed by atoms with Gasteiger partial charge in [0.15, 0.2) is 0 Å². The number of nitrogens with zero attached hydrogens (tertiary/aromatic N) is 2. The van der Waals surface area contributed by atoms with Crippen molar-refractivity contribution in [3.05, 3.63) is 64.7 Å². The molecular formula is C25H35N3O2. The summed E-state index contributed by atoms with van der Waals surface area (Å²) in [6.07, 6.45) is 4.14. The second-order valence-corrected chi connectivity index (χ2v) is 8.53. The molecule has 0 fully saturated rings. The van der Waals surface area contributed by atoms with Crippen molar-refractivity contribution >= 4 is 5.91 Å². The smallest absolute Gasteiger partial charge is 0.251 e. The molecule has 0 unspecified atom stereocenters. The number of carbonyl (C=O) groups is 1. The topological polar surface area (TPSA) is 44.8 Å². The van der Waals surface area contributed by atoms with E-state index in [9.17, 15) is 4.79 Å².